The first-order chi connectivity index (χ1) is 17.7. The van der Waals surface area contributed by atoms with Gasteiger partial charge in [0, 0.05) is 45.9 Å². The summed E-state index contributed by atoms with van der Waals surface area (Å²) in [5, 5.41) is 7.94. The van der Waals surface area contributed by atoms with Crippen LogP contribution in [0.5, 0.6) is 0 Å². The average Bonchev–Trinajstić information content (AvgIpc) is 3.39. The third-order valence-electron chi connectivity index (χ3n) is 5.45. The number of rotatable bonds is 8. The monoisotopic (exact) mass is 516 g/mol. The molecule has 3 heterocycles. The van der Waals surface area contributed by atoms with Crippen LogP contribution < -0.4 is 10.3 Å². The smallest absolute Gasteiger partial charge is 0.138 e. The second kappa shape index (κ2) is 20.4. The fourth-order valence-electron chi connectivity index (χ4n) is 2.90. The number of allylic oxidation sites excluding steroid dienone is 1. The van der Waals surface area contributed by atoms with Crippen LogP contribution in [-0.2, 0) is 16.2 Å². The molecule has 0 radical (unpaired) electrons. The Balaban J connectivity index is 0.000000527. The van der Waals surface area contributed by atoms with Crippen molar-refractivity contribution in [3.63, 3.8) is 0 Å². The summed E-state index contributed by atoms with van der Waals surface area (Å²) in [6, 6.07) is 4.28. The number of pyridine rings is 1. The molecule has 1 aliphatic heterocycles. The van der Waals surface area contributed by atoms with Gasteiger partial charge < -0.3 is 19.8 Å². The maximum absolute atomic E-state index is 5.31. The van der Waals surface area contributed by atoms with Crippen molar-refractivity contribution in [3.05, 3.63) is 54.0 Å². The molecule has 1 N–H and O–H groups in total. The van der Waals surface area contributed by atoms with Crippen molar-refractivity contribution in [2.24, 2.45) is 11.0 Å². The van der Waals surface area contributed by atoms with E-state index < -0.39 is 0 Å². The number of ether oxygens (including phenoxy) is 2. The highest BCUT2D eigenvalue weighted by Gasteiger charge is 2.12. The number of hydrogen-bond donors (Lipinski definition) is 1. The van der Waals surface area contributed by atoms with Crippen LogP contribution in [-0.4, -0.2) is 61.4 Å². The van der Waals surface area contributed by atoms with Crippen molar-refractivity contribution >= 4 is 12.0 Å². The normalized spacial score (nSPS) is 12.9. The summed E-state index contributed by atoms with van der Waals surface area (Å²) in [6.45, 7) is 24.7. The molecule has 0 saturated carbocycles. The summed E-state index contributed by atoms with van der Waals surface area (Å²) in [5.74, 6) is 2.65. The standard InChI is InChI=1S/C12H18N2O.C8H14N2O.C7H14N2.C2H6/c1-10(2)11-3-4-12(13-9-11)14-5-7-15-8-6-14;1-7(2)8-4-9-10(5-8)6-11-3;1-6(2)7(3)5-9-8-4;1-2/h3-4,9-10H,5-8H2,1-2H3;4-5,7H,6H2,1-3H3;5-6,8H,3H2,1-2,4H3;1-2H3/b;;9-5-;. The molecule has 1 fully saturated rings. The van der Waals surface area contributed by atoms with Crippen LogP contribution in [0.25, 0.3) is 0 Å². The molecule has 8 nitrogen and oxygen atoms in total. The second-order valence-corrected chi connectivity index (χ2v) is 9.30. The number of aromatic nitrogens is 3. The van der Waals surface area contributed by atoms with E-state index in [0.29, 0.717) is 24.5 Å². The molecule has 3 rings (SSSR count). The van der Waals surface area contributed by atoms with Gasteiger partial charge in [0.1, 0.15) is 12.5 Å². The predicted molar refractivity (Wildman–Crippen MR) is 158 cm³/mol. The molecule has 37 heavy (non-hydrogen) atoms. The SMILES string of the molecule is C=C(/C=N\NC)C(C)C.CC.CC(C)c1ccc(N2CCOCC2)nc1.COCn1cc(C(C)C)cn1. The maximum Gasteiger partial charge on any atom is 0.138 e. The Morgan fingerprint density at radius 2 is 1.70 bits per heavy atom. The largest absolute Gasteiger partial charge is 0.378 e. The third kappa shape index (κ3) is 14.6. The molecular weight excluding hydrogens is 464 g/mol. The van der Waals surface area contributed by atoms with Gasteiger partial charge in [0.05, 0.1) is 19.4 Å². The number of anilines is 1. The van der Waals surface area contributed by atoms with Gasteiger partial charge in [-0.15, -0.1) is 0 Å². The molecule has 0 bridgehead atoms. The van der Waals surface area contributed by atoms with E-state index in [2.05, 4.69) is 85.8 Å². The highest BCUT2D eigenvalue weighted by molar-refractivity contribution is 5.77. The van der Waals surface area contributed by atoms with Crippen LogP contribution in [0.4, 0.5) is 5.82 Å². The molecule has 210 valence electrons. The topological polar surface area (TPSA) is 76.8 Å². The van der Waals surface area contributed by atoms with Crippen molar-refractivity contribution in [2.45, 2.75) is 74.0 Å². The third-order valence-corrected chi connectivity index (χ3v) is 5.45. The lowest BCUT2D eigenvalue weighted by atomic mass is 10.1. The van der Waals surface area contributed by atoms with E-state index in [9.17, 15) is 0 Å². The van der Waals surface area contributed by atoms with Crippen molar-refractivity contribution in [2.75, 3.05) is 45.4 Å². The molecular formula is C29H52N6O2. The minimum atomic E-state index is 0.488. The lowest BCUT2D eigenvalue weighted by Gasteiger charge is -2.27. The maximum atomic E-state index is 5.31. The van der Waals surface area contributed by atoms with Gasteiger partial charge in [-0.05, 0) is 40.5 Å². The van der Waals surface area contributed by atoms with Gasteiger partial charge in [-0.2, -0.15) is 10.2 Å². The molecule has 0 aliphatic carbocycles. The van der Waals surface area contributed by atoms with Crippen LogP contribution in [0.3, 0.4) is 0 Å². The lowest BCUT2D eigenvalue weighted by molar-refractivity contribution is 0.120. The summed E-state index contributed by atoms with van der Waals surface area (Å²) >= 11 is 0. The lowest BCUT2D eigenvalue weighted by Crippen LogP contribution is -2.36. The fraction of sp³-hybridized carbons (Fsp3) is 0.621. The van der Waals surface area contributed by atoms with E-state index in [-0.39, 0.29) is 0 Å². The Kier molecular flexibility index (Phi) is 18.9. The molecule has 2 aromatic rings. The van der Waals surface area contributed by atoms with Crippen LogP contribution >= 0.6 is 0 Å². The molecule has 2 aromatic heterocycles. The average molecular weight is 517 g/mol. The Bertz CT molecular complexity index is 854. The molecule has 0 unspecified atom stereocenters. The summed E-state index contributed by atoms with van der Waals surface area (Å²) in [4.78, 5) is 6.77. The second-order valence-electron chi connectivity index (χ2n) is 9.30. The summed E-state index contributed by atoms with van der Waals surface area (Å²) in [6.07, 6.45) is 7.61. The Labute approximate surface area is 226 Å². The van der Waals surface area contributed by atoms with Crippen LogP contribution in [0.15, 0.2) is 48.0 Å². The summed E-state index contributed by atoms with van der Waals surface area (Å²) in [7, 11) is 3.43. The first kappa shape index (κ1) is 34.3. The van der Waals surface area contributed by atoms with Crippen LogP contribution in [0, 0.1) is 5.92 Å². The number of hydrazone groups is 1. The van der Waals surface area contributed by atoms with Crippen LogP contribution in [0.1, 0.15) is 78.4 Å². The zero-order valence-corrected chi connectivity index (χ0v) is 25.0. The first-order valence-corrected chi connectivity index (χ1v) is 13.4. The first-order valence-electron chi connectivity index (χ1n) is 13.4. The van der Waals surface area contributed by atoms with E-state index in [1.165, 1.54) is 11.1 Å². The fourth-order valence-corrected chi connectivity index (χ4v) is 2.90. The highest BCUT2D eigenvalue weighted by atomic mass is 16.5. The minimum absolute atomic E-state index is 0.488. The van der Waals surface area contributed by atoms with Gasteiger partial charge in [0.15, 0.2) is 0 Å². The van der Waals surface area contributed by atoms with E-state index in [1.807, 2.05) is 32.4 Å². The van der Waals surface area contributed by atoms with E-state index in [0.717, 1.165) is 37.7 Å². The van der Waals surface area contributed by atoms with Crippen molar-refractivity contribution < 1.29 is 9.47 Å². The summed E-state index contributed by atoms with van der Waals surface area (Å²) in [5.41, 5.74) is 6.26. The Morgan fingerprint density at radius 1 is 1.08 bits per heavy atom. The van der Waals surface area contributed by atoms with Gasteiger partial charge in [0.2, 0.25) is 0 Å². The van der Waals surface area contributed by atoms with E-state index in [4.69, 9.17) is 9.47 Å². The van der Waals surface area contributed by atoms with Crippen LogP contribution in [0.2, 0.25) is 0 Å². The van der Waals surface area contributed by atoms with E-state index in [1.54, 1.807) is 25.1 Å². The van der Waals surface area contributed by atoms with Crippen molar-refractivity contribution in [1.82, 2.24) is 20.2 Å². The molecule has 0 aromatic carbocycles. The number of methoxy groups -OCH3 is 1. The molecule has 0 amide bonds. The molecule has 8 heteroatoms. The van der Waals surface area contributed by atoms with Crippen molar-refractivity contribution in [3.8, 4) is 0 Å². The number of hydrogen-bond acceptors (Lipinski definition) is 7. The zero-order chi connectivity index (χ0) is 28.2. The Morgan fingerprint density at radius 3 is 2.14 bits per heavy atom. The van der Waals surface area contributed by atoms with Gasteiger partial charge in [0.25, 0.3) is 0 Å². The minimum Gasteiger partial charge on any atom is -0.378 e. The number of nitrogens with zero attached hydrogens (tertiary/aromatic N) is 5. The molecule has 0 spiro atoms. The highest BCUT2D eigenvalue weighted by Crippen LogP contribution is 2.17. The number of nitrogens with one attached hydrogen (secondary N) is 1. The van der Waals surface area contributed by atoms with Gasteiger partial charge in [-0.25, -0.2) is 9.67 Å². The quantitative estimate of drug-likeness (QED) is 0.338. The molecule has 1 saturated heterocycles. The number of morpholine rings is 1. The van der Waals surface area contributed by atoms with Gasteiger partial charge >= 0.3 is 0 Å². The van der Waals surface area contributed by atoms with E-state index >= 15 is 0 Å². The molecule has 0 atom stereocenters. The Hall–Kier alpha value is -2.71. The predicted octanol–water partition coefficient (Wildman–Crippen LogP) is 6.08. The molecule has 1 aliphatic rings. The van der Waals surface area contributed by atoms with Gasteiger partial charge in [-0.3, -0.25) is 0 Å². The van der Waals surface area contributed by atoms with Gasteiger partial charge in [-0.1, -0.05) is 68.0 Å². The summed E-state index contributed by atoms with van der Waals surface area (Å²) < 4.78 is 12.0. The zero-order valence-electron chi connectivity index (χ0n) is 25.0. The van der Waals surface area contributed by atoms with Crippen molar-refractivity contribution in [1.29, 1.82) is 0 Å².